The fourth-order valence-electron chi connectivity index (χ4n) is 3.52. The lowest BCUT2D eigenvalue weighted by atomic mass is 10.1. The smallest absolute Gasteiger partial charge is 0.241 e. The van der Waals surface area contributed by atoms with E-state index in [1.165, 1.54) is 36.6 Å². The lowest BCUT2D eigenvalue weighted by Crippen LogP contribution is -2.39. The Hall–Kier alpha value is -2.47. The zero-order chi connectivity index (χ0) is 20.1. The quantitative estimate of drug-likeness (QED) is 0.797. The topological polar surface area (TPSA) is 35.6 Å². The van der Waals surface area contributed by atoms with Crippen LogP contribution in [-0.4, -0.2) is 37.0 Å². The summed E-state index contributed by atoms with van der Waals surface area (Å²) in [6, 6.07) is 10.9. The van der Waals surface area contributed by atoms with Gasteiger partial charge in [0.15, 0.2) is 0 Å². The van der Waals surface area contributed by atoms with Crippen LogP contribution in [0.15, 0.2) is 42.5 Å². The van der Waals surface area contributed by atoms with Gasteiger partial charge in [-0.15, -0.1) is 0 Å². The second kappa shape index (κ2) is 9.15. The molecule has 1 N–H and O–H groups in total. The molecule has 4 nitrogen and oxygen atoms in total. The monoisotopic (exact) mass is 387 g/mol. The van der Waals surface area contributed by atoms with Crippen molar-refractivity contribution in [2.45, 2.75) is 38.8 Å². The minimum Gasteiger partial charge on any atom is -0.371 e. The van der Waals surface area contributed by atoms with Gasteiger partial charge in [-0.1, -0.05) is 18.2 Å². The average molecular weight is 387 g/mol. The largest absolute Gasteiger partial charge is 0.371 e. The third kappa shape index (κ3) is 4.87. The number of likely N-dealkylation sites (N-methyl/N-ethyl adjacent to an activating group) is 1. The van der Waals surface area contributed by atoms with E-state index in [-0.39, 0.29) is 11.6 Å². The Morgan fingerprint density at radius 1 is 1.14 bits per heavy atom. The summed E-state index contributed by atoms with van der Waals surface area (Å²) in [4.78, 5) is 16.9. The van der Waals surface area contributed by atoms with Gasteiger partial charge in [-0.05, 0) is 57.0 Å². The second-order valence-electron chi connectivity index (χ2n) is 7.38. The molecular weight excluding hydrogens is 360 g/mol. The number of nitrogens with zero attached hydrogens (tertiary/aromatic N) is 2. The first-order valence-electron chi connectivity index (χ1n) is 9.74. The summed E-state index contributed by atoms with van der Waals surface area (Å²) in [6.07, 6.45) is 3.67. The molecule has 1 atom stereocenters. The van der Waals surface area contributed by atoms with E-state index < -0.39 is 17.7 Å². The van der Waals surface area contributed by atoms with Crippen molar-refractivity contribution in [2.75, 3.05) is 30.4 Å². The van der Waals surface area contributed by atoms with E-state index in [9.17, 15) is 13.6 Å². The highest BCUT2D eigenvalue weighted by atomic mass is 19.1. The molecule has 1 aliphatic heterocycles. The van der Waals surface area contributed by atoms with Gasteiger partial charge in [0, 0.05) is 31.4 Å². The van der Waals surface area contributed by atoms with Crippen LogP contribution in [0.1, 0.15) is 31.7 Å². The van der Waals surface area contributed by atoms with Crippen LogP contribution in [0.2, 0.25) is 0 Å². The van der Waals surface area contributed by atoms with Crippen LogP contribution in [0.3, 0.4) is 0 Å². The van der Waals surface area contributed by atoms with Crippen LogP contribution < -0.4 is 10.2 Å². The number of hydrogen-bond donors (Lipinski definition) is 1. The Balaban J connectivity index is 1.67. The van der Waals surface area contributed by atoms with Crippen LogP contribution in [0.25, 0.3) is 0 Å². The van der Waals surface area contributed by atoms with Crippen molar-refractivity contribution in [3.05, 3.63) is 59.7 Å². The van der Waals surface area contributed by atoms with E-state index >= 15 is 0 Å². The molecule has 0 aliphatic carbocycles. The average Bonchev–Trinajstić information content (AvgIpc) is 2.70. The molecule has 0 spiro atoms. The van der Waals surface area contributed by atoms with Gasteiger partial charge in [-0.25, -0.2) is 8.78 Å². The Morgan fingerprint density at radius 3 is 2.57 bits per heavy atom. The van der Waals surface area contributed by atoms with Gasteiger partial charge in [-0.3, -0.25) is 9.69 Å². The van der Waals surface area contributed by atoms with Crippen LogP contribution >= 0.6 is 0 Å². The Kier molecular flexibility index (Phi) is 6.62. The molecule has 0 aromatic heterocycles. The lowest BCUT2D eigenvalue weighted by molar-refractivity contribution is -0.120. The number of halogens is 2. The number of para-hydroxylation sites is 1. The number of hydrogen-bond acceptors (Lipinski definition) is 3. The molecule has 1 unspecified atom stereocenters. The lowest BCUT2D eigenvalue weighted by Gasteiger charge is -2.32. The fourth-order valence-corrected chi connectivity index (χ4v) is 3.52. The number of piperidine rings is 1. The van der Waals surface area contributed by atoms with Gasteiger partial charge in [0.05, 0.1) is 11.7 Å². The zero-order valence-electron chi connectivity index (χ0n) is 16.4. The molecule has 0 radical (unpaired) electrons. The molecule has 0 saturated carbocycles. The molecule has 1 amide bonds. The zero-order valence-corrected chi connectivity index (χ0v) is 16.4. The van der Waals surface area contributed by atoms with Crippen molar-refractivity contribution >= 4 is 17.3 Å². The molecule has 1 saturated heterocycles. The van der Waals surface area contributed by atoms with Gasteiger partial charge in [-0.2, -0.15) is 0 Å². The van der Waals surface area contributed by atoms with Crippen LogP contribution in [0.5, 0.6) is 0 Å². The van der Waals surface area contributed by atoms with Gasteiger partial charge in [0.25, 0.3) is 0 Å². The molecular formula is C22H27F2N3O. The maximum Gasteiger partial charge on any atom is 0.241 e. The predicted octanol–water partition coefficient (Wildman–Crippen LogP) is 4.41. The number of nitrogens with one attached hydrogen (secondary N) is 1. The van der Waals surface area contributed by atoms with Crippen LogP contribution in [0, 0.1) is 11.6 Å². The van der Waals surface area contributed by atoms with Crippen LogP contribution in [0.4, 0.5) is 20.2 Å². The summed E-state index contributed by atoms with van der Waals surface area (Å²) in [5, 5.41) is 2.55. The molecule has 28 heavy (non-hydrogen) atoms. The van der Waals surface area contributed by atoms with Crippen molar-refractivity contribution < 1.29 is 13.6 Å². The summed E-state index contributed by atoms with van der Waals surface area (Å²) in [5.41, 5.74) is 2.37. The molecule has 3 rings (SSSR count). The number of carbonyl (C=O) groups is 1. The number of anilines is 2. The first-order valence-corrected chi connectivity index (χ1v) is 9.74. The van der Waals surface area contributed by atoms with E-state index in [0.29, 0.717) is 6.54 Å². The van der Waals surface area contributed by atoms with Gasteiger partial charge < -0.3 is 10.2 Å². The van der Waals surface area contributed by atoms with Crippen molar-refractivity contribution in [1.82, 2.24) is 4.90 Å². The maximum atomic E-state index is 13.8. The maximum absolute atomic E-state index is 13.8. The number of amides is 1. The first kappa shape index (κ1) is 20.3. The predicted molar refractivity (Wildman–Crippen MR) is 108 cm³/mol. The highest BCUT2D eigenvalue weighted by Gasteiger charge is 2.21. The van der Waals surface area contributed by atoms with E-state index in [4.69, 9.17) is 0 Å². The molecule has 2 aromatic rings. The van der Waals surface area contributed by atoms with Gasteiger partial charge in [0.1, 0.15) is 11.6 Å². The summed E-state index contributed by atoms with van der Waals surface area (Å²) in [5.74, 6) is -1.78. The summed E-state index contributed by atoms with van der Waals surface area (Å²) < 4.78 is 26.8. The number of benzene rings is 2. The van der Waals surface area contributed by atoms with E-state index in [2.05, 4.69) is 22.3 Å². The van der Waals surface area contributed by atoms with E-state index in [0.717, 1.165) is 25.2 Å². The van der Waals surface area contributed by atoms with Crippen molar-refractivity contribution in [3.8, 4) is 0 Å². The fraction of sp³-hybridized carbons (Fsp3) is 0.409. The standard InChI is InChI=1S/C22H27F2N3O/c1-16(22(28)25-20-11-10-18(23)14-19(20)24)26(2)15-17-8-4-5-9-21(17)27-12-6-3-7-13-27/h4-5,8-11,14,16H,3,6-7,12-13,15H2,1-2H3,(H,25,28). The Labute approximate surface area is 165 Å². The van der Waals surface area contributed by atoms with E-state index in [1.54, 1.807) is 6.92 Å². The van der Waals surface area contributed by atoms with Crippen molar-refractivity contribution in [1.29, 1.82) is 0 Å². The minimum atomic E-state index is -0.779. The molecule has 2 aromatic carbocycles. The van der Waals surface area contributed by atoms with Gasteiger partial charge in [0.2, 0.25) is 5.91 Å². The third-order valence-electron chi connectivity index (χ3n) is 5.34. The highest BCUT2D eigenvalue weighted by molar-refractivity contribution is 5.94. The minimum absolute atomic E-state index is 0.0135. The Morgan fingerprint density at radius 2 is 1.86 bits per heavy atom. The van der Waals surface area contributed by atoms with Crippen LogP contribution in [-0.2, 0) is 11.3 Å². The molecule has 6 heteroatoms. The molecule has 1 aliphatic rings. The normalized spacial score (nSPS) is 15.5. The third-order valence-corrected chi connectivity index (χ3v) is 5.34. The summed E-state index contributed by atoms with van der Waals surface area (Å²) in [7, 11) is 1.87. The highest BCUT2D eigenvalue weighted by Crippen LogP contribution is 2.25. The molecule has 1 fully saturated rings. The second-order valence-corrected chi connectivity index (χ2v) is 7.38. The van der Waals surface area contributed by atoms with Gasteiger partial charge >= 0.3 is 0 Å². The molecule has 1 heterocycles. The first-order chi connectivity index (χ1) is 13.5. The van der Waals surface area contributed by atoms with Crippen molar-refractivity contribution in [3.63, 3.8) is 0 Å². The molecule has 150 valence electrons. The molecule has 0 bridgehead atoms. The number of rotatable bonds is 6. The SMILES string of the molecule is CC(C(=O)Nc1ccc(F)cc1F)N(C)Cc1ccccc1N1CCCCC1. The van der Waals surface area contributed by atoms with E-state index in [1.807, 2.05) is 24.1 Å². The van der Waals surface area contributed by atoms with Crippen molar-refractivity contribution in [2.24, 2.45) is 0 Å². The number of carbonyl (C=O) groups excluding carboxylic acids is 1. The Bertz CT molecular complexity index is 821. The summed E-state index contributed by atoms with van der Waals surface area (Å²) >= 11 is 0. The summed E-state index contributed by atoms with van der Waals surface area (Å²) in [6.45, 7) is 4.49.